The van der Waals surface area contributed by atoms with Gasteiger partial charge in [-0.05, 0) is 11.4 Å². The minimum absolute atomic E-state index is 0.385. The smallest absolute Gasteiger partial charge is 0.323 e. The number of nitrogens with zero attached hydrogens (tertiary/aromatic N) is 2. The van der Waals surface area contributed by atoms with Crippen LogP contribution < -0.4 is 0 Å². The highest BCUT2D eigenvalue weighted by Crippen LogP contribution is 2.11. The van der Waals surface area contributed by atoms with E-state index in [1.54, 1.807) is 17.5 Å². The molecule has 0 radical (unpaired) electrons. The van der Waals surface area contributed by atoms with Crippen LogP contribution in [-0.2, 0) is 14.4 Å². The molecule has 0 aliphatic heterocycles. The molecule has 8 nitrogen and oxygen atoms in total. The number of carbonyl (C=O) groups is 4. The van der Waals surface area contributed by atoms with Crippen molar-refractivity contribution in [3.05, 3.63) is 22.4 Å². The van der Waals surface area contributed by atoms with E-state index in [9.17, 15) is 19.2 Å². The highest BCUT2D eigenvalue weighted by atomic mass is 32.1. The van der Waals surface area contributed by atoms with Crippen LogP contribution in [0.2, 0.25) is 0 Å². The number of carbonyl (C=O) groups excluding carboxylic acids is 2. The minimum atomic E-state index is -1.32. The van der Waals surface area contributed by atoms with Crippen molar-refractivity contribution < 1.29 is 29.4 Å². The third-order valence-electron chi connectivity index (χ3n) is 2.46. The second kappa shape index (κ2) is 7.39. The number of amides is 2. The molecule has 1 rings (SSSR count). The molecule has 9 heteroatoms. The van der Waals surface area contributed by atoms with Crippen LogP contribution in [-0.4, -0.2) is 70.4 Å². The average molecular weight is 314 g/mol. The fourth-order valence-electron chi connectivity index (χ4n) is 1.52. The zero-order valence-corrected chi connectivity index (χ0v) is 12.0. The molecule has 0 bridgehead atoms. The van der Waals surface area contributed by atoms with Crippen molar-refractivity contribution in [2.45, 2.75) is 0 Å². The number of hydrogen-bond donors (Lipinski definition) is 2. The van der Waals surface area contributed by atoms with Crippen molar-refractivity contribution in [1.29, 1.82) is 0 Å². The summed E-state index contributed by atoms with van der Waals surface area (Å²) in [6, 6.07) is 3.29. The summed E-state index contributed by atoms with van der Waals surface area (Å²) in [5, 5.41) is 19.1. The van der Waals surface area contributed by atoms with Gasteiger partial charge in [-0.25, -0.2) is 0 Å². The fourth-order valence-corrected chi connectivity index (χ4v) is 2.24. The molecule has 114 valence electrons. The first kappa shape index (κ1) is 16.6. The Hall–Kier alpha value is -2.42. The molecular weight excluding hydrogens is 300 g/mol. The van der Waals surface area contributed by atoms with E-state index in [-0.39, 0.29) is 5.91 Å². The normalized spacial score (nSPS) is 9.95. The molecule has 0 spiro atoms. The van der Waals surface area contributed by atoms with Gasteiger partial charge in [0.25, 0.3) is 5.91 Å². The van der Waals surface area contributed by atoms with Crippen molar-refractivity contribution in [1.82, 2.24) is 9.80 Å². The quantitative estimate of drug-likeness (QED) is 0.721. The maximum Gasteiger partial charge on any atom is 0.323 e. The lowest BCUT2D eigenvalue weighted by Crippen LogP contribution is -2.45. The van der Waals surface area contributed by atoms with Crippen LogP contribution in [0.3, 0.4) is 0 Å². The molecule has 2 N–H and O–H groups in total. The molecule has 0 saturated carbocycles. The lowest BCUT2D eigenvalue weighted by atomic mass is 10.3. The van der Waals surface area contributed by atoms with E-state index in [0.717, 1.165) is 4.90 Å². The second-order valence-corrected chi connectivity index (χ2v) is 5.12. The number of rotatable bonds is 7. The first-order valence-electron chi connectivity index (χ1n) is 5.81. The molecule has 0 saturated heterocycles. The van der Waals surface area contributed by atoms with Gasteiger partial charge in [0.15, 0.2) is 0 Å². The third kappa shape index (κ3) is 5.22. The van der Waals surface area contributed by atoms with Crippen molar-refractivity contribution in [2.75, 3.05) is 26.7 Å². The zero-order chi connectivity index (χ0) is 16.0. The molecule has 1 heterocycles. The Kier molecular flexibility index (Phi) is 5.85. The first-order chi connectivity index (χ1) is 9.81. The molecule has 0 unspecified atom stereocenters. The number of carboxylic acid groups (broad SMARTS) is 2. The molecule has 0 atom stereocenters. The van der Waals surface area contributed by atoms with Gasteiger partial charge in [0.05, 0.1) is 11.4 Å². The van der Waals surface area contributed by atoms with Crippen molar-refractivity contribution in [3.8, 4) is 0 Å². The lowest BCUT2D eigenvalue weighted by Gasteiger charge is -2.22. The second-order valence-electron chi connectivity index (χ2n) is 4.18. The molecule has 1 aromatic heterocycles. The van der Waals surface area contributed by atoms with Crippen molar-refractivity contribution >= 4 is 35.1 Å². The molecule has 2 amide bonds. The van der Waals surface area contributed by atoms with E-state index in [0.29, 0.717) is 9.78 Å². The summed E-state index contributed by atoms with van der Waals surface area (Å²) in [5.74, 6) is -3.77. The molecule has 21 heavy (non-hydrogen) atoms. The van der Waals surface area contributed by atoms with Gasteiger partial charge >= 0.3 is 11.9 Å². The van der Waals surface area contributed by atoms with Gasteiger partial charge < -0.3 is 20.0 Å². The summed E-state index contributed by atoms with van der Waals surface area (Å²) < 4.78 is 0. The number of hydrogen-bond acceptors (Lipinski definition) is 5. The Labute approximate surface area is 124 Å². The molecule has 0 aliphatic carbocycles. The SMILES string of the molecule is CN(CC(=O)N(CC(=O)O)CC(=O)O)C(=O)c1cccs1. The van der Waals surface area contributed by atoms with Gasteiger partial charge in [-0.2, -0.15) is 0 Å². The van der Waals surface area contributed by atoms with E-state index >= 15 is 0 Å². The lowest BCUT2D eigenvalue weighted by molar-refractivity contribution is -0.149. The molecule has 1 aromatic rings. The Morgan fingerprint density at radius 3 is 2.10 bits per heavy atom. The summed E-state index contributed by atoms with van der Waals surface area (Å²) >= 11 is 1.21. The first-order valence-corrected chi connectivity index (χ1v) is 6.69. The van der Waals surface area contributed by atoms with Crippen LogP contribution in [0, 0.1) is 0 Å². The standard InChI is InChI=1S/C12H14N2O6S/c1-13(12(20)8-3-2-4-21-8)5-9(15)14(6-10(16)17)7-11(18)19/h2-4H,5-7H2,1H3,(H,16,17)(H,18,19). The van der Waals surface area contributed by atoms with Crippen molar-refractivity contribution in [3.63, 3.8) is 0 Å². The highest BCUT2D eigenvalue weighted by Gasteiger charge is 2.23. The highest BCUT2D eigenvalue weighted by molar-refractivity contribution is 7.12. The van der Waals surface area contributed by atoms with E-state index in [1.807, 2.05) is 0 Å². The van der Waals surface area contributed by atoms with E-state index in [4.69, 9.17) is 10.2 Å². The van der Waals surface area contributed by atoms with E-state index < -0.39 is 37.5 Å². The number of likely N-dealkylation sites (N-methyl/N-ethyl adjacent to an activating group) is 1. The largest absolute Gasteiger partial charge is 0.480 e. The maximum absolute atomic E-state index is 11.9. The summed E-state index contributed by atoms with van der Waals surface area (Å²) in [7, 11) is 1.39. The van der Waals surface area contributed by atoms with Crippen LogP contribution >= 0.6 is 11.3 Å². The van der Waals surface area contributed by atoms with Gasteiger partial charge in [0, 0.05) is 7.05 Å². The van der Waals surface area contributed by atoms with Crippen LogP contribution in [0.4, 0.5) is 0 Å². The Bertz CT molecular complexity index is 526. The van der Waals surface area contributed by atoms with Crippen LogP contribution in [0.15, 0.2) is 17.5 Å². The topological polar surface area (TPSA) is 115 Å². The number of thiophene rings is 1. The van der Waals surface area contributed by atoms with Gasteiger partial charge in [-0.15, -0.1) is 11.3 Å². The fraction of sp³-hybridized carbons (Fsp3) is 0.333. The predicted octanol–water partition coefficient (Wildman–Crippen LogP) is -0.182. The molecule has 0 fully saturated rings. The van der Waals surface area contributed by atoms with Gasteiger partial charge in [-0.3, -0.25) is 19.2 Å². The van der Waals surface area contributed by atoms with Crippen LogP contribution in [0.5, 0.6) is 0 Å². The minimum Gasteiger partial charge on any atom is -0.480 e. The Morgan fingerprint density at radius 2 is 1.67 bits per heavy atom. The summed E-state index contributed by atoms with van der Waals surface area (Å²) in [5.41, 5.74) is 0. The van der Waals surface area contributed by atoms with Crippen LogP contribution in [0.1, 0.15) is 9.67 Å². The van der Waals surface area contributed by atoms with Crippen molar-refractivity contribution in [2.24, 2.45) is 0 Å². The van der Waals surface area contributed by atoms with Gasteiger partial charge in [0.1, 0.15) is 13.1 Å². The zero-order valence-electron chi connectivity index (χ0n) is 11.2. The van der Waals surface area contributed by atoms with Gasteiger partial charge in [0.2, 0.25) is 5.91 Å². The van der Waals surface area contributed by atoms with E-state index in [2.05, 4.69) is 0 Å². The molecule has 0 aliphatic rings. The summed E-state index contributed by atoms with van der Waals surface area (Å²) in [6.07, 6.45) is 0. The van der Waals surface area contributed by atoms with Gasteiger partial charge in [-0.1, -0.05) is 6.07 Å². The maximum atomic E-state index is 11.9. The monoisotopic (exact) mass is 314 g/mol. The van der Waals surface area contributed by atoms with Crippen LogP contribution in [0.25, 0.3) is 0 Å². The predicted molar refractivity (Wildman–Crippen MR) is 73.1 cm³/mol. The number of aliphatic carboxylic acids is 2. The summed E-state index contributed by atoms with van der Waals surface area (Å²) in [6.45, 7) is -1.85. The molecule has 0 aromatic carbocycles. The number of carboxylic acids is 2. The Balaban J connectivity index is 2.69. The summed E-state index contributed by atoms with van der Waals surface area (Å²) in [4.78, 5) is 47.3. The average Bonchev–Trinajstić information content (AvgIpc) is 2.89. The molecular formula is C12H14N2O6S. The Morgan fingerprint density at radius 1 is 1.10 bits per heavy atom. The van der Waals surface area contributed by atoms with E-state index in [1.165, 1.54) is 18.4 Å². The third-order valence-corrected chi connectivity index (χ3v) is 3.31.